The van der Waals surface area contributed by atoms with Gasteiger partial charge in [0.25, 0.3) is 5.89 Å². The van der Waals surface area contributed by atoms with E-state index in [1.54, 1.807) is 23.9 Å². The molecule has 1 N–H and O–H groups in total. The number of aromatic nitrogens is 2. The van der Waals surface area contributed by atoms with Gasteiger partial charge in [0, 0.05) is 11.9 Å². The van der Waals surface area contributed by atoms with Crippen LogP contribution in [0.2, 0.25) is 0 Å². The number of thioether (sulfide) groups is 1. The molecule has 18 heavy (non-hydrogen) atoms. The fourth-order valence-corrected chi connectivity index (χ4v) is 2.44. The van der Waals surface area contributed by atoms with Crippen molar-refractivity contribution in [2.75, 3.05) is 6.61 Å². The maximum absolute atomic E-state index is 8.81. The van der Waals surface area contributed by atoms with Gasteiger partial charge in [0.2, 0.25) is 5.89 Å². The third-order valence-corrected chi connectivity index (χ3v) is 3.92. The van der Waals surface area contributed by atoms with Gasteiger partial charge in [-0.25, -0.2) is 0 Å². The summed E-state index contributed by atoms with van der Waals surface area (Å²) in [4.78, 5) is 0. The molecule has 0 radical (unpaired) electrons. The van der Waals surface area contributed by atoms with Crippen LogP contribution in [0.4, 0.5) is 0 Å². The molecule has 2 heterocycles. The number of nitrogens with zero attached hydrogens (tertiary/aromatic N) is 2. The average Bonchev–Trinajstić information content (AvgIpc) is 2.95. The molecule has 1 atom stereocenters. The van der Waals surface area contributed by atoms with Crippen molar-refractivity contribution in [2.45, 2.75) is 24.3 Å². The maximum Gasteiger partial charge on any atom is 0.283 e. The summed E-state index contributed by atoms with van der Waals surface area (Å²) in [5.41, 5.74) is 0. The molecule has 7 heteroatoms. The molecule has 98 valence electrons. The van der Waals surface area contributed by atoms with E-state index in [9.17, 15) is 0 Å². The van der Waals surface area contributed by atoms with Gasteiger partial charge >= 0.3 is 0 Å². The number of rotatable bonds is 6. The highest BCUT2D eigenvalue weighted by Gasteiger charge is 2.13. The van der Waals surface area contributed by atoms with E-state index in [4.69, 9.17) is 13.9 Å². The summed E-state index contributed by atoms with van der Waals surface area (Å²) in [6.45, 7) is 2.26. The van der Waals surface area contributed by atoms with Crippen LogP contribution in [0.1, 0.15) is 19.2 Å². The largest absolute Gasteiger partial charge is 0.444 e. The molecular weight excluding hydrogens is 320 g/mol. The lowest BCUT2D eigenvalue weighted by molar-refractivity contribution is 0.289. The second-order valence-corrected chi connectivity index (χ2v) is 5.95. The number of aliphatic hydroxyl groups excluding tert-OH is 1. The first-order chi connectivity index (χ1) is 8.69. The zero-order chi connectivity index (χ0) is 13.0. The van der Waals surface area contributed by atoms with Gasteiger partial charge < -0.3 is 13.9 Å². The second-order valence-electron chi connectivity index (χ2n) is 3.74. The first-order valence-corrected chi connectivity index (χ1v) is 7.33. The second kappa shape index (κ2) is 6.40. The van der Waals surface area contributed by atoms with Gasteiger partial charge in [-0.2, -0.15) is 0 Å². The Hall–Kier alpha value is -0.790. The molecule has 0 aromatic carbocycles. The smallest absolute Gasteiger partial charge is 0.283 e. The minimum atomic E-state index is 0.198. The SMILES string of the molecule is CC(CCO)SCc1nnc(-c2ccc(Br)o2)o1. The van der Waals surface area contributed by atoms with E-state index < -0.39 is 0 Å². The Labute approximate surface area is 117 Å². The monoisotopic (exact) mass is 332 g/mol. The Kier molecular flexibility index (Phi) is 4.85. The summed E-state index contributed by atoms with van der Waals surface area (Å²) in [5, 5.41) is 17.1. The highest BCUT2D eigenvalue weighted by Crippen LogP contribution is 2.25. The zero-order valence-electron chi connectivity index (χ0n) is 9.80. The van der Waals surface area contributed by atoms with E-state index in [-0.39, 0.29) is 6.61 Å². The van der Waals surface area contributed by atoms with E-state index in [2.05, 4.69) is 33.1 Å². The highest BCUT2D eigenvalue weighted by molar-refractivity contribution is 9.10. The van der Waals surface area contributed by atoms with Crippen LogP contribution in [-0.4, -0.2) is 27.2 Å². The Bertz CT molecular complexity index is 500. The predicted octanol–water partition coefficient (Wildman–Crippen LogP) is 3.10. The molecule has 2 rings (SSSR count). The summed E-state index contributed by atoms with van der Waals surface area (Å²) >= 11 is 4.89. The van der Waals surface area contributed by atoms with Gasteiger partial charge in [0.15, 0.2) is 10.4 Å². The lowest BCUT2D eigenvalue weighted by Gasteiger charge is -2.06. The van der Waals surface area contributed by atoms with Crippen molar-refractivity contribution in [3.05, 3.63) is 22.7 Å². The van der Waals surface area contributed by atoms with Gasteiger partial charge in [0.05, 0.1) is 5.75 Å². The van der Waals surface area contributed by atoms with E-state index in [0.717, 1.165) is 6.42 Å². The van der Waals surface area contributed by atoms with E-state index in [1.807, 2.05) is 0 Å². The molecule has 5 nitrogen and oxygen atoms in total. The zero-order valence-corrected chi connectivity index (χ0v) is 12.2. The third kappa shape index (κ3) is 3.60. The summed E-state index contributed by atoms with van der Waals surface area (Å²) in [6.07, 6.45) is 0.761. The van der Waals surface area contributed by atoms with Gasteiger partial charge in [-0.15, -0.1) is 22.0 Å². The Morgan fingerprint density at radius 3 is 2.89 bits per heavy atom. The average molecular weight is 333 g/mol. The highest BCUT2D eigenvalue weighted by atomic mass is 79.9. The first kappa shape index (κ1) is 13.6. The number of hydrogen-bond donors (Lipinski definition) is 1. The molecule has 0 aliphatic heterocycles. The van der Waals surface area contributed by atoms with Crippen LogP contribution >= 0.6 is 27.7 Å². The van der Waals surface area contributed by atoms with Crippen LogP contribution < -0.4 is 0 Å². The first-order valence-electron chi connectivity index (χ1n) is 5.49. The van der Waals surface area contributed by atoms with Crippen LogP contribution in [0.3, 0.4) is 0 Å². The molecule has 1 unspecified atom stereocenters. The van der Waals surface area contributed by atoms with E-state index >= 15 is 0 Å². The Morgan fingerprint density at radius 2 is 2.22 bits per heavy atom. The van der Waals surface area contributed by atoms with Crippen LogP contribution in [0, 0.1) is 0 Å². The minimum Gasteiger partial charge on any atom is -0.444 e. The van der Waals surface area contributed by atoms with Crippen molar-refractivity contribution in [3.8, 4) is 11.7 Å². The van der Waals surface area contributed by atoms with E-state index in [0.29, 0.717) is 33.2 Å². The standard InChI is InChI=1S/C11H13BrN2O3S/c1-7(4-5-15)18-6-10-13-14-11(17-10)8-2-3-9(12)16-8/h2-3,7,15H,4-6H2,1H3. The molecule has 0 saturated carbocycles. The van der Waals surface area contributed by atoms with Crippen LogP contribution in [0.25, 0.3) is 11.7 Å². The summed E-state index contributed by atoms with van der Waals surface area (Å²) in [6, 6.07) is 3.54. The summed E-state index contributed by atoms with van der Waals surface area (Å²) < 4.78 is 11.4. The Morgan fingerprint density at radius 1 is 1.39 bits per heavy atom. The van der Waals surface area contributed by atoms with Gasteiger partial charge in [-0.05, 0) is 34.5 Å². The summed E-state index contributed by atoms with van der Waals surface area (Å²) in [7, 11) is 0. The van der Waals surface area contributed by atoms with Crippen LogP contribution in [0.15, 0.2) is 25.6 Å². The van der Waals surface area contributed by atoms with Crippen molar-refractivity contribution < 1.29 is 13.9 Å². The van der Waals surface area contributed by atoms with Crippen molar-refractivity contribution in [1.82, 2.24) is 10.2 Å². The van der Waals surface area contributed by atoms with Crippen molar-refractivity contribution in [2.24, 2.45) is 0 Å². The van der Waals surface area contributed by atoms with E-state index in [1.165, 1.54) is 0 Å². The van der Waals surface area contributed by atoms with Crippen molar-refractivity contribution in [3.63, 3.8) is 0 Å². The van der Waals surface area contributed by atoms with Crippen molar-refractivity contribution in [1.29, 1.82) is 0 Å². The Balaban J connectivity index is 1.94. The van der Waals surface area contributed by atoms with Crippen LogP contribution in [0.5, 0.6) is 0 Å². The summed E-state index contributed by atoms with van der Waals surface area (Å²) in [5.74, 6) is 2.13. The van der Waals surface area contributed by atoms with Gasteiger partial charge in [-0.3, -0.25) is 0 Å². The number of aliphatic hydroxyl groups is 1. The fraction of sp³-hybridized carbons (Fsp3) is 0.455. The third-order valence-electron chi connectivity index (χ3n) is 2.28. The molecule has 0 saturated heterocycles. The van der Waals surface area contributed by atoms with Crippen LogP contribution in [-0.2, 0) is 5.75 Å². The van der Waals surface area contributed by atoms with Gasteiger partial charge in [0.1, 0.15) is 0 Å². The molecular formula is C11H13BrN2O3S. The van der Waals surface area contributed by atoms with Gasteiger partial charge in [-0.1, -0.05) is 6.92 Å². The molecule has 0 spiro atoms. The normalized spacial score (nSPS) is 12.8. The number of halogens is 1. The fourth-order valence-electron chi connectivity index (χ4n) is 1.32. The molecule has 0 amide bonds. The molecule has 0 aliphatic rings. The minimum absolute atomic E-state index is 0.198. The quantitative estimate of drug-likeness (QED) is 0.876. The topological polar surface area (TPSA) is 72.3 Å². The molecule has 2 aromatic rings. The predicted molar refractivity (Wildman–Crippen MR) is 72.2 cm³/mol. The molecule has 0 fully saturated rings. The number of hydrogen-bond acceptors (Lipinski definition) is 6. The van der Waals surface area contributed by atoms with Crippen molar-refractivity contribution >= 4 is 27.7 Å². The lowest BCUT2D eigenvalue weighted by Crippen LogP contribution is -1.99. The maximum atomic E-state index is 8.81. The molecule has 0 aliphatic carbocycles. The molecule has 0 bridgehead atoms. The number of furan rings is 1. The lowest BCUT2D eigenvalue weighted by atomic mass is 10.3. The molecule has 2 aromatic heterocycles.